The lowest BCUT2D eigenvalue weighted by atomic mass is 10.1. The molecule has 0 bridgehead atoms. The molecule has 6 rings (SSSR count). The molecule has 52 heavy (non-hydrogen) atoms. The summed E-state index contributed by atoms with van der Waals surface area (Å²) >= 11 is 0. The lowest BCUT2D eigenvalue weighted by Gasteiger charge is -2.33. The van der Waals surface area contributed by atoms with Crippen LogP contribution in [0.1, 0.15) is 47.5 Å². The molecule has 0 spiro atoms. The molecule has 1 saturated heterocycles. The van der Waals surface area contributed by atoms with Gasteiger partial charge in [-0.2, -0.15) is 0 Å². The van der Waals surface area contributed by atoms with E-state index in [1.54, 1.807) is 29.3 Å². The standard InChI is InChI=1S/C39H42F2N4O7/c1-38(2,3)52-37(48)45-17-14-25(15-18-45)50-32-21-28-26(20-31(32)49-6)29(13-16-42-28)51-30-12-11-24(19-27(30)41)44-36(47)34-33(39(34,4)5)35(46)43-23-9-7-22(40)8-10-23/h7-13,16,19-21,25,33-34H,14-15,17-18H2,1-6H3,(H,43,46)(H,44,47)/t33-,34+/m0/s1. The van der Waals surface area contributed by atoms with Crippen molar-refractivity contribution in [1.29, 1.82) is 0 Å². The number of benzene rings is 3. The minimum absolute atomic E-state index is 0.0788. The molecule has 274 valence electrons. The number of hydrogen-bond acceptors (Lipinski definition) is 8. The number of ether oxygens (including phenoxy) is 4. The van der Waals surface area contributed by atoms with Crippen LogP contribution in [0.5, 0.6) is 23.0 Å². The molecular formula is C39H42F2N4O7. The Hall–Kier alpha value is -5.46. The van der Waals surface area contributed by atoms with Crippen LogP contribution < -0.4 is 24.8 Å². The van der Waals surface area contributed by atoms with Gasteiger partial charge in [-0.1, -0.05) is 13.8 Å². The Balaban J connectivity index is 1.10. The van der Waals surface area contributed by atoms with E-state index in [1.165, 1.54) is 43.5 Å². The molecular weight excluding hydrogens is 674 g/mol. The van der Waals surface area contributed by atoms with Gasteiger partial charge in [0.05, 0.1) is 24.5 Å². The Bertz CT molecular complexity index is 1990. The number of likely N-dealkylation sites (tertiary alicyclic amines) is 1. The van der Waals surface area contributed by atoms with E-state index < -0.39 is 40.4 Å². The predicted molar refractivity (Wildman–Crippen MR) is 191 cm³/mol. The van der Waals surface area contributed by atoms with Gasteiger partial charge >= 0.3 is 6.09 Å². The van der Waals surface area contributed by atoms with E-state index in [0.29, 0.717) is 59.8 Å². The van der Waals surface area contributed by atoms with Crippen molar-refractivity contribution in [2.75, 3.05) is 30.8 Å². The van der Waals surface area contributed by atoms with Gasteiger partial charge in [0.15, 0.2) is 23.1 Å². The molecule has 1 aliphatic heterocycles. The van der Waals surface area contributed by atoms with Gasteiger partial charge in [-0.05, 0) is 74.7 Å². The zero-order valence-electron chi connectivity index (χ0n) is 29.9. The van der Waals surface area contributed by atoms with Gasteiger partial charge in [-0.15, -0.1) is 0 Å². The molecule has 0 radical (unpaired) electrons. The Labute approximate surface area is 300 Å². The van der Waals surface area contributed by atoms with Crippen LogP contribution in [0.2, 0.25) is 0 Å². The molecule has 2 fully saturated rings. The molecule has 13 heteroatoms. The van der Waals surface area contributed by atoms with Crippen LogP contribution in [0.4, 0.5) is 25.0 Å². The highest BCUT2D eigenvalue weighted by Crippen LogP contribution is 2.59. The fraction of sp³-hybridized carbons (Fsp3) is 0.385. The number of hydrogen-bond donors (Lipinski definition) is 2. The predicted octanol–water partition coefficient (Wildman–Crippen LogP) is 7.94. The minimum atomic E-state index is -0.715. The van der Waals surface area contributed by atoms with Crippen LogP contribution in [0, 0.1) is 28.9 Å². The van der Waals surface area contributed by atoms with E-state index in [9.17, 15) is 18.8 Å². The number of aromatic nitrogens is 1. The summed E-state index contributed by atoms with van der Waals surface area (Å²) in [6, 6.07) is 14.5. The number of halogens is 2. The number of methoxy groups -OCH3 is 1. The van der Waals surface area contributed by atoms with Crippen LogP contribution in [0.3, 0.4) is 0 Å². The highest BCUT2D eigenvalue weighted by molar-refractivity contribution is 6.04. The number of amides is 3. The maximum atomic E-state index is 15.4. The van der Waals surface area contributed by atoms with E-state index in [0.717, 1.165) is 6.07 Å². The normalized spacial score (nSPS) is 18.3. The minimum Gasteiger partial charge on any atom is -0.493 e. The summed E-state index contributed by atoms with van der Waals surface area (Å²) in [4.78, 5) is 44.7. The Morgan fingerprint density at radius 1 is 0.827 bits per heavy atom. The van der Waals surface area contributed by atoms with E-state index in [4.69, 9.17) is 18.9 Å². The smallest absolute Gasteiger partial charge is 0.410 e. The zero-order chi connectivity index (χ0) is 37.4. The summed E-state index contributed by atoms with van der Waals surface area (Å²) in [5.41, 5.74) is -0.0396. The molecule has 2 heterocycles. The third kappa shape index (κ3) is 8.03. The molecule has 3 aromatic carbocycles. The number of carbonyl (C=O) groups is 3. The SMILES string of the molecule is COc1cc2c(Oc3ccc(NC(=O)[C@H]4[C@@H](C(=O)Nc5ccc(F)cc5)C4(C)C)cc3F)ccnc2cc1OC1CCN(C(=O)OC(C)(C)C)CC1. The highest BCUT2D eigenvalue weighted by Gasteiger charge is 2.65. The number of anilines is 2. The summed E-state index contributed by atoms with van der Waals surface area (Å²) in [6.07, 6.45) is 2.26. The largest absolute Gasteiger partial charge is 0.493 e. The number of fused-ring (bicyclic) bond motifs is 1. The summed E-state index contributed by atoms with van der Waals surface area (Å²) in [6.45, 7) is 10.1. The molecule has 0 unspecified atom stereocenters. The van der Waals surface area contributed by atoms with Crippen LogP contribution in [0.25, 0.3) is 10.9 Å². The number of nitrogens with one attached hydrogen (secondary N) is 2. The third-order valence-corrected chi connectivity index (χ3v) is 9.30. The average Bonchev–Trinajstić information content (AvgIpc) is 3.68. The number of pyridine rings is 1. The second-order valence-electron chi connectivity index (χ2n) is 14.6. The van der Waals surface area contributed by atoms with Crippen molar-refractivity contribution < 1.29 is 42.1 Å². The van der Waals surface area contributed by atoms with Crippen molar-refractivity contribution in [3.8, 4) is 23.0 Å². The van der Waals surface area contributed by atoms with Crippen molar-refractivity contribution >= 4 is 40.2 Å². The molecule has 2 aliphatic rings. The van der Waals surface area contributed by atoms with Crippen molar-refractivity contribution in [3.05, 3.63) is 78.5 Å². The summed E-state index contributed by atoms with van der Waals surface area (Å²) in [5, 5.41) is 6.01. The summed E-state index contributed by atoms with van der Waals surface area (Å²) in [7, 11) is 1.52. The Morgan fingerprint density at radius 3 is 2.08 bits per heavy atom. The fourth-order valence-corrected chi connectivity index (χ4v) is 6.50. The summed E-state index contributed by atoms with van der Waals surface area (Å²) < 4.78 is 52.1. The molecule has 4 aromatic rings. The van der Waals surface area contributed by atoms with Crippen LogP contribution >= 0.6 is 0 Å². The number of rotatable bonds is 9. The zero-order valence-corrected chi connectivity index (χ0v) is 29.9. The van der Waals surface area contributed by atoms with Crippen LogP contribution in [0.15, 0.2) is 66.9 Å². The number of piperidine rings is 1. The molecule has 3 amide bonds. The van der Waals surface area contributed by atoms with E-state index in [1.807, 2.05) is 34.6 Å². The second kappa shape index (κ2) is 14.3. The highest BCUT2D eigenvalue weighted by atomic mass is 19.1. The van der Waals surface area contributed by atoms with Gasteiger partial charge in [0, 0.05) is 61.0 Å². The quantitative estimate of drug-likeness (QED) is 0.179. The van der Waals surface area contributed by atoms with Gasteiger partial charge in [0.2, 0.25) is 11.8 Å². The molecule has 11 nitrogen and oxygen atoms in total. The molecule has 1 saturated carbocycles. The first kappa shape index (κ1) is 36.3. The monoisotopic (exact) mass is 716 g/mol. The van der Waals surface area contributed by atoms with Crippen molar-refractivity contribution in [3.63, 3.8) is 0 Å². The van der Waals surface area contributed by atoms with E-state index in [2.05, 4.69) is 15.6 Å². The maximum absolute atomic E-state index is 15.4. The van der Waals surface area contributed by atoms with Crippen molar-refractivity contribution in [1.82, 2.24) is 9.88 Å². The molecule has 1 aliphatic carbocycles. The van der Waals surface area contributed by atoms with E-state index >= 15 is 4.39 Å². The van der Waals surface area contributed by atoms with Gasteiger partial charge in [0.1, 0.15) is 23.3 Å². The number of nitrogens with zero attached hydrogens (tertiary/aromatic N) is 2. The molecule has 2 N–H and O–H groups in total. The van der Waals surface area contributed by atoms with Gasteiger partial charge < -0.3 is 34.5 Å². The molecule has 1 aromatic heterocycles. The first-order valence-corrected chi connectivity index (χ1v) is 17.1. The topological polar surface area (TPSA) is 128 Å². The Morgan fingerprint density at radius 2 is 1.46 bits per heavy atom. The maximum Gasteiger partial charge on any atom is 0.410 e. The van der Waals surface area contributed by atoms with Gasteiger partial charge in [0.25, 0.3) is 0 Å². The second-order valence-corrected chi connectivity index (χ2v) is 14.6. The van der Waals surface area contributed by atoms with Crippen molar-refractivity contribution in [2.24, 2.45) is 17.3 Å². The van der Waals surface area contributed by atoms with E-state index in [-0.39, 0.29) is 29.5 Å². The molecule has 2 atom stereocenters. The van der Waals surface area contributed by atoms with Gasteiger partial charge in [-0.3, -0.25) is 14.6 Å². The number of carbonyl (C=O) groups excluding carboxylic acids is 3. The Kier molecular flexibility index (Phi) is 9.98. The van der Waals surface area contributed by atoms with Crippen molar-refractivity contribution in [2.45, 2.75) is 59.2 Å². The fourth-order valence-electron chi connectivity index (χ4n) is 6.50. The summed E-state index contributed by atoms with van der Waals surface area (Å²) in [5.74, 6) is -2.02. The lowest BCUT2D eigenvalue weighted by Crippen LogP contribution is -2.44. The van der Waals surface area contributed by atoms with Crippen LogP contribution in [-0.2, 0) is 14.3 Å². The van der Waals surface area contributed by atoms with Crippen LogP contribution in [-0.4, -0.2) is 59.7 Å². The third-order valence-electron chi connectivity index (χ3n) is 9.30. The van der Waals surface area contributed by atoms with Gasteiger partial charge in [-0.25, -0.2) is 13.6 Å². The first-order valence-electron chi connectivity index (χ1n) is 17.1. The first-order chi connectivity index (χ1) is 24.6. The lowest BCUT2D eigenvalue weighted by molar-refractivity contribution is -0.122. The average molecular weight is 717 g/mol.